The fourth-order valence-corrected chi connectivity index (χ4v) is 1.93. The van der Waals surface area contributed by atoms with E-state index in [2.05, 4.69) is 10.7 Å². The molecule has 0 fully saturated rings. The van der Waals surface area contributed by atoms with Gasteiger partial charge < -0.3 is 20.7 Å². The monoisotopic (exact) mass is 283 g/mol. The van der Waals surface area contributed by atoms with Gasteiger partial charge >= 0.3 is 0 Å². The van der Waals surface area contributed by atoms with Crippen molar-refractivity contribution >= 4 is 17.1 Å². The van der Waals surface area contributed by atoms with Crippen LogP contribution in [0.3, 0.4) is 0 Å². The second kappa shape index (κ2) is 6.51. The number of anilines is 2. The third-order valence-corrected chi connectivity index (χ3v) is 2.63. The highest BCUT2D eigenvalue weighted by Gasteiger charge is 2.21. The summed E-state index contributed by atoms with van der Waals surface area (Å²) in [6.07, 6.45) is 0. The summed E-state index contributed by atoms with van der Waals surface area (Å²) in [6.45, 7) is 2.42. The largest absolute Gasteiger partial charge is 0.387 e. The summed E-state index contributed by atoms with van der Waals surface area (Å²) in [7, 11) is 3.72. The molecule has 5 N–H and O–H groups in total. The molecule has 0 spiro atoms. The van der Waals surface area contributed by atoms with Crippen molar-refractivity contribution in [3.8, 4) is 0 Å². The number of rotatable bonds is 7. The van der Waals surface area contributed by atoms with Crippen LogP contribution in [-0.4, -0.2) is 47.7 Å². The first-order valence-electron chi connectivity index (χ1n) is 6.10. The Morgan fingerprint density at radius 2 is 2.00 bits per heavy atom. The zero-order valence-electron chi connectivity index (χ0n) is 11.9. The van der Waals surface area contributed by atoms with Gasteiger partial charge in [-0.1, -0.05) is 0 Å². The third-order valence-electron chi connectivity index (χ3n) is 2.63. The second-order valence-electron chi connectivity index (χ2n) is 5.26. The van der Waals surface area contributed by atoms with E-state index in [1.54, 1.807) is 13.0 Å². The lowest BCUT2D eigenvalue weighted by atomic mass is 10.1. The molecule has 0 aliphatic heterocycles. The molecule has 1 rings (SSSR count). The first kappa shape index (κ1) is 16.2. The summed E-state index contributed by atoms with van der Waals surface area (Å²) in [5, 5.41) is 24.0. The number of aliphatic hydroxyl groups is 1. The van der Waals surface area contributed by atoms with Crippen LogP contribution in [-0.2, 0) is 0 Å². The Kier molecular flexibility index (Phi) is 5.26. The summed E-state index contributed by atoms with van der Waals surface area (Å²) in [6, 6.07) is 4.37. The van der Waals surface area contributed by atoms with Crippen molar-refractivity contribution in [2.45, 2.75) is 12.5 Å². The van der Waals surface area contributed by atoms with Crippen LogP contribution < -0.4 is 16.6 Å². The van der Waals surface area contributed by atoms with Crippen molar-refractivity contribution in [1.29, 1.82) is 0 Å². The Morgan fingerprint density at radius 3 is 2.50 bits per heavy atom. The van der Waals surface area contributed by atoms with Crippen molar-refractivity contribution in [2.24, 2.45) is 5.84 Å². The Morgan fingerprint density at radius 1 is 1.40 bits per heavy atom. The molecular weight excluding hydrogens is 262 g/mol. The van der Waals surface area contributed by atoms with E-state index in [0.29, 0.717) is 17.9 Å². The fourth-order valence-electron chi connectivity index (χ4n) is 1.93. The number of nitrogen functional groups attached to an aromatic ring is 1. The molecule has 112 valence electrons. The molecule has 1 unspecified atom stereocenters. The zero-order chi connectivity index (χ0) is 15.3. The van der Waals surface area contributed by atoms with E-state index in [-0.39, 0.29) is 12.2 Å². The molecule has 1 atom stereocenters. The maximum absolute atomic E-state index is 10.8. The predicted octanol–water partition coefficient (Wildman–Crippen LogP) is 0.605. The first-order chi connectivity index (χ1) is 9.23. The van der Waals surface area contributed by atoms with Crippen LogP contribution in [0.15, 0.2) is 18.2 Å². The molecule has 0 bridgehead atoms. The van der Waals surface area contributed by atoms with E-state index in [1.807, 2.05) is 19.0 Å². The van der Waals surface area contributed by atoms with Gasteiger partial charge in [-0.2, -0.15) is 0 Å². The molecule has 8 nitrogen and oxygen atoms in total. The predicted molar refractivity (Wildman–Crippen MR) is 78.6 cm³/mol. The van der Waals surface area contributed by atoms with Gasteiger partial charge in [0.05, 0.1) is 16.2 Å². The zero-order valence-corrected chi connectivity index (χ0v) is 11.9. The van der Waals surface area contributed by atoms with Crippen molar-refractivity contribution in [3.63, 3.8) is 0 Å². The number of hydrogen-bond acceptors (Lipinski definition) is 7. The van der Waals surface area contributed by atoms with Gasteiger partial charge in [-0.15, -0.1) is 0 Å². The normalized spacial score (nSPS) is 13.9. The van der Waals surface area contributed by atoms with Crippen LogP contribution in [0.2, 0.25) is 0 Å². The minimum Gasteiger partial charge on any atom is -0.387 e. The molecule has 1 aromatic carbocycles. The van der Waals surface area contributed by atoms with Gasteiger partial charge in [0.15, 0.2) is 0 Å². The molecule has 0 aromatic heterocycles. The first-order valence-corrected chi connectivity index (χ1v) is 6.10. The standard InChI is InChI=1S/C12H21N5O3/c1-12(18,8-16(2)3)7-14-9-4-10(15-13)6-11(5-9)17(19)20/h4-6,14-15,18H,7-8,13H2,1-3H3. The highest BCUT2D eigenvalue weighted by molar-refractivity contribution is 5.63. The Bertz CT molecular complexity index is 476. The van der Waals surface area contributed by atoms with Gasteiger partial charge in [-0.05, 0) is 27.1 Å². The van der Waals surface area contributed by atoms with Crippen molar-refractivity contribution in [3.05, 3.63) is 28.3 Å². The second-order valence-corrected chi connectivity index (χ2v) is 5.26. The minimum absolute atomic E-state index is 0.0739. The number of hydrogen-bond donors (Lipinski definition) is 4. The number of nitrogens with zero attached hydrogens (tertiary/aromatic N) is 2. The molecule has 0 amide bonds. The van der Waals surface area contributed by atoms with Crippen LogP contribution in [0, 0.1) is 10.1 Å². The lowest BCUT2D eigenvalue weighted by Gasteiger charge is -2.27. The Balaban J connectivity index is 2.82. The Labute approximate surface area is 117 Å². The van der Waals surface area contributed by atoms with Crippen LogP contribution in [0.1, 0.15) is 6.92 Å². The maximum atomic E-state index is 10.8. The highest BCUT2D eigenvalue weighted by atomic mass is 16.6. The van der Waals surface area contributed by atoms with Gasteiger partial charge in [-0.25, -0.2) is 0 Å². The molecule has 0 radical (unpaired) electrons. The van der Waals surface area contributed by atoms with Crippen LogP contribution in [0.5, 0.6) is 0 Å². The number of nitro benzene ring substituents is 1. The molecule has 20 heavy (non-hydrogen) atoms. The number of nitrogens with one attached hydrogen (secondary N) is 2. The van der Waals surface area contributed by atoms with Crippen LogP contribution >= 0.6 is 0 Å². The number of non-ortho nitro benzene ring substituents is 1. The van der Waals surface area contributed by atoms with E-state index < -0.39 is 10.5 Å². The summed E-state index contributed by atoms with van der Waals surface area (Å²) in [5.74, 6) is 5.28. The average Bonchev–Trinajstić information content (AvgIpc) is 2.34. The molecule has 1 aromatic rings. The topological polar surface area (TPSA) is 117 Å². The summed E-state index contributed by atoms with van der Waals surface area (Å²) < 4.78 is 0. The van der Waals surface area contributed by atoms with Gasteiger partial charge in [0.2, 0.25) is 0 Å². The maximum Gasteiger partial charge on any atom is 0.273 e. The molecule has 0 aliphatic carbocycles. The molecule has 8 heteroatoms. The van der Waals surface area contributed by atoms with E-state index in [1.165, 1.54) is 12.1 Å². The lowest BCUT2D eigenvalue weighted by Crippen LogP contribution is -2.43. The number of likely N-dealkylation sites (N-methyl/N-ethyl adjacent to an activating group) is 1. The molecular formula is C12H21N5O3. The van der Waals surface area contributed by atoms with Crippen molar-refractivity contribution in [2.75, 3.05) is 37.9 Å². The van der Waals surface area contributed by atoms with Gasteiger partial charge in [0.1, 0.15) is 0 Å². The third kappa shape index (κ3) is 5.00. The molecule has 0 aliphatic rings. The van der Waals surface area contributed by atoms with Crippen LogP contribution in [0.4, 0.5) is 17.1 Å². The minimum atomic E-state index is -0.954. The summed E-state index contributed by atoms with van der Waals surface area (Å²) in [4.78, 5) is 12.2. The molecule has 0 saturated heterocycles. The van der Waals surface area contributed by atoms with Gasteiger partial charge in [0.25, 0.3) is 5.69 Å². The number of benzene rings is 1. The molecule has 0 heterocycles. The number of nitro groups is 1. The number of nitrogens with two attached hydrogens (primary N) is 1. The van der Waals surface area contributed by atoms with Crippen LogP contribution in [0.25, 0.3) is 0 Å². The molecule has 0 saturated carbocycles. The summed E-state index contributed by atoms with van der Waals surface area (Å²) >= 11 is 0. The average molecular weight is 283 g/mol. The van der Waals surface area contributed by atoms with Crippen molar-refractivity contribution < 1.29 is 10.0 Å². The fraction of sp³-hybridized carbons (Fsp3) is 0.500. The Hall–Kier alpha value is -1.90. The van der Waals surface area contributed by atoms with Gasteiger partial charge in [-0.3, -0.25) is 16.0 Å². The van der Waals surface area contributed by atoms with E-state index in [4.69, 9.17) is 5.84 Å². The van der Waals surface area contributed by atoms with E-state index >= 15 is 0 Å². The highest BCUT2D eigenvalue weighted by Crippen LogP contribution is 2.24. The van der Waals surface area contributed by atoms with E-state index in [9.17, 15) is 15.2 Å². The SMILES string of the molecule is CN(C)CC(C)(O)CNc1cc(NN)cc([N+](=O)[O-])c1. The van der Waals surface area contributed by atoms with Gasteiger partial charge in [0, 0.05) is 30.9 Å². The quantitative estimate of drug-likeness (QED) is 0.329. The van der Waals surface area contributed by atoms with E-state index in [0.717, 1.165) is 0 Å². The smallest absolute Gasteiger partial charge is 0.273 e. The lowest BCUT2D eigenvalue weighted by molar-refractivity contribution is -0.384. The summed E-state index contributed by atoms with van der Waals surface area (Å²) in [5.41, 5.74) is 2.29. The van der Waals surface area contributed by atoms with Crippen molar-refractivity contribution in [1.82, 2.24) is 4.90 Å². The number of hydrazine groups is 1.